The molecule has 18 heavy (non-hydrogen) atoms. The number of hydrogen-bond donors (Lipinski definition) is 0. The van der Waals surface area contributed by atoms with Crippen molar-refractivity contribution < 1.29 is 19.1 Å². The van der Waals surface area contributed by atoms with Gasteiger partial charge in [-0.05, 0) is 26.7 Å². The van der Waals surface area contributed by atoms with Gasteiger partial charge in [-0.25, -0.2) is 4.79 Å². The van der Waals surface area contributed by atoms with Gasteiger partial charge >= 0.3 is 11.9 Å². The lowest BCUT2D eigenvalue weighted by Crippen LogP contribution is -2.13. The Bertz CT molecular complexity index is 342. The average molecular weight is 254 g/mol. The van der Waals surface area contributed by atoms with Gasteiger partial charge in [-0.3, -0.25) is 4.79 Å². The van der Waals surface area contributed by atoms with Crippen LogP contribution in [-0.4, -0.2) is 25.7 Å². The fourth-order valence-electron chi connectivity index (χ4n) is 1.42. The summed E-state index contributed by atoms with van der Waals surface area (Å²) in [4.78, 5) is 21.8. The summed E-state index contributed by atoms with van der Waals surface area (Å²) in [5.74, 6) is -0.516. The number of carbonyl (C=O) groups excluding carboxylic acids is 2. The van der Waals surface area contributed by atoms with Crippen LogP contribution in [0.25, 0.3) is 0 Å². The minimum Gasteiger partial charge on any atom is -0.466 e. The van der Waals surface area contributed by atoms with Crippen LogP contribution >= 0.6 is 0 Å². The highest BCUT2D eigenvalue weighted by molar-refractivity contribution is 5.82. The van der Waals surface area contributed by atoms with Gasteiger partial charge in [0.2, 0.25) is 0 Å². The van der Waals surface area contributed by atoms with Gasteiger partial charge in [-0.15, -0.1) is 0 Å². The van der Waals surface area contributed by atoms with E-state index in [4.69, 9.17) is 4.74 Å². The van der Waals surface area contributed by atoms with Crippen LogP contribution in [0.15, 0.2) is 23.8 Å². The zero-order valence-corrected chi connectivity index (χ0v) is 11.6. The van der Waals surface area contributed by atoms with Gasteiger partial charge in [-0.2, -0.15) is 0 Å². The monoisotopic (exact) mass is 254 g/mol. The molecule has 0 aliphatic heterocycles. The van der Waals surface area contributed by atoms with Crippen molar-refractivity contribution in [3.05, 3.63) is 23.8 Å². The molecule has 0 radical (unpaired) electrons. The molecule has 0 aromatic heterocycles. The minimum atomic E-state index is -0.348. The van der Waals surface area contributed by atoms with Crippen LogP contribution < -0.4 is 0 Å². The van der Waals surface area contributed by atoms with Crippen molar-refractivity contribution in [3.63, 3.8) is 0 Å². The van der Waals surface area contributed by atoms with Gasteiger partial charge in [0.25, 0.3) is 0 Å². The maximum atomic E-state index is 11.0. The molecule has 0 aliphatic rings. The van der Waals surface area contributed by atoms with Crippen LogP contribution in [0.2, 0.25) is 0 Å². The Labute approximate surface area is 109 Å². The summed E-state index contributed by atoms with van der Waals surface area (Å²) >= 11 is 0. The summed E-state index contributed by atoms with van der Waals surface area (Å²) in [7, 11) is 1.35. The van der Waals surface area contributed by atoms with Crippen molar-refractivity contribution in [1.29, 1.82) is 0 Å². The molecule has 0 aliphatic carbocycles. The van der Waals surface area contributed by atoms with E-state index in [1.807, 2.05) is 13.8 Å². The zero-order valence-electron chi connectivity index (χ0n) is 11.6. The summed E-state index contributed by atoms with van der Waals surface area (Å²) in [6.45, 7) is 9.40. The highest BCUT2D eigenvalue weighted by Crippen LogP contribution is 2.19. The largest absolute Gasteiger partial charge is 0.466 e. The van der Waals surface area contributed by atoms with Crippen LogP contribution in [0.3, 0.4) is 0 Å². The minimum absolute atomic E-state index is 0.120. The normalized spacial score (nSPS) is 12.8. The summed E-state index contributed by atoms with van der Waals surface area (Å²) in [5, 5.41) is 0. The molecule has 4 heteroatoms. The Morgan fingerprint density at radius 3 is 2.33 bits per heavy atom. The van der Waals surface area contributed by atoms with E-state index < -0.39 is 0 Å². The predicted octanol–water partition coefficient (Wildman–Crippen LogP) is 2.64. The molecule has 0 N–H and O–H groups in total. The number of methoxy groups -OCH3 is 1. The maximum absolute atomic E-state index is 11.0. The molecular weight excluding hydrogens is 232 g/mol. The molecule has 4 nitrogen and oxygen atoms in total. The smallest absolute Gasteiger partial charge is 0.330 e. The van der Waals surface area contributed by atoms with Crippen LogP contribution in [0, 0.1) is 5.92 Å². The number of allylic oxidation sites excluding steroid dienone is 1. The van der Waals surface area contributed by atoms with E-state index in [0.29, 0.717) is 6.61 Å². The third kappa shape index (κ3) is 7.65. The number of carbonyl (C=O) groups is 2. The van der Waals surface area contributed by atoms with E-state index in [1.165, 1.54) is 20.1 Å². The molecular formula is C14H22O4. The highest BCUT2D eigenvalue weighted by Gasteiger charge is 2.12. The average Bonchev–Trinajstić information content (AvgIpc) is 2.27. The van der Waals surface area contributed by atoms with Gasteiger partial charge < -0.3 is 9.47 Å². The van der Waals surface area contributed by atoms with Crippen molar-refractivity contribution in [1.82, 2.24) is 0 Å². The molecule has 1 atom stereocenters. The van der Waals surface area contributed by atoms with Crippen molar-refractivity contribution in [3.8, 4) is 0 Å². The van der Waals surface area contributed by atoms with Crippen LogP contribution in [0.5, 0.6) is 0 Å². The number of hydrogen-bond acceptors (Lipinski definition) is 4. The first-order valence-corrected chi connectivity index (χ1v) is 5.90. The second-order valence-corrected chi connectivity index (χ2v) is 4.40. The molecule has 0 spiro atoms. The zero-order chi connectivity index (χ0) is 14.1. The van der Waals surface area contributed by atoms with Crippen molar-refractivity contribution >= 4 is 11.9 Å². The van der Waals surface area contributed by atoms with Crippen LogP contribution in [0.1, 0.15) is 33.6 Å². The Hall–Kier alpha value is -1.58. The molecule has 0 rings (SSSR count). The van der Waals surface area contributed by atoms with Gasteiger partial charge in [0.1, 0.15) is 0 Å². The summed E-state index contributed by atoms with van der Waals surface area (Å²) in [6.07, 6.45) is 3.01. The second kappa shape index (κ2) is 8.50. The lowest BCUT2D eigenvalue weighted by molar-refractivity contribution is -0.142. The number of rotatable bonds is 7. The van der Waals surface area contributed by atoms with Crippen LogP contribution in [0.4, 0.5) is 0 Å². The van der Waals surface area contributed by atoms with E-state index in [1.54, 1.807) is 0 Å². The first-order chi connectivity index (χ1) is 8.36. The van der Waals surface area contributed by atoms with Crippen LogP contribution in [-0.2, 0) is 19.1 Å². The lowest BCUT2D eigenvalue weighted by Gasteiger charge is -2.16. The van der Waals surface area contributed by atoms with E-state index in [0.717, 1.165) is 24.0 Å². The fraction of sp³-hybridized carbons (Fsp3) is 0.571. The third-order valence-corrected chi connectivity index (χ3v) is 2.64. The number of ether oxygens (including phenoxy) is 2. The fourth-order valence-corrected chi connectivity index (χ4v) is 1.42. The highest BCUT2D eigenvalue weighted by atomic mass is 16.5. The molecule has 1 unspecified atom stereocenters. The molecule has 0 saturated carbocycles. The maximum Gasteiger partial charge on any atom is 0.330 e. The first-order valence-electron chi connectivity index (χ1n) is 5.90. The van der Waals surface area contributed by atoms with E-state index >= 15 is 0 Å². The van der Waals surface area contributed by atoms with Gasteiger partial charge in [0.15, 0.2) is 0 Å². The second-order valence-electron chi connectivity index (χ2n) is 4.40. The Morgan fingerprint density at radius 2 is 1.89 bits per heavy atom. The summed E-state index contributed by atoms with van der Waals surface area (Å²) in [5.41, 5.74) is 1.91. The van der Waals surface area contributed by atoms with Gasteiger partial charge in [0.05, 0.1) is 13.7 Å². The quantitative estimate of drug-likeness (QED) is 0.398. The molecule has 102 valence electrons. The molecule has 0 aromatic carbocycles. The standard InChI is InChI=1S/C14H22O4/c1-10(2)13(9-18-12(4)15)7-6-11(3)8-14(16)17-5/h8,13H,1,6-7,9H2,2-5H3/b11-8+. The van der Waals surface area contributed by atoms with Gasteiger partial charge in [0, 0.05) is 18.9 Å². The van der Waals surface area contributed by atoms with E-state index in [2.05, 4.69) is 11.3 Å². The van der Waals surface area contributed by atoms with Crippen molar-refractivity contribution in [2.24, 2.45) is 5.92 Å². The topological polar surface area (TPSA) is 52.6 Å². The first kappa shape index (κ1) is 16.4. The van der Waals surface area contributed by atoms with Gasteiger partial charge in [-0.1, -0.05) is 17.7 Å². The third-order valence-electron chi connectivity index (χ3n) is 2.64. The molecule has 0 amide bonds. The Kier molecular flexibility index (Phi) is 7.76. The summed E-state index contributed by atoms with van der Waals surface area (Å²) in [6, 6.07) is 0. The molecule has 0 heterocycles. The van der Waals surface area contributed by atoms with E-state index in [-0.39, 0.29) is 17.9 Å². The SMILES string of the molecule is C=C(C)C(CC/C(C)=C/C(=O)OC)COC(C)=O. The molecule has 0 bridgehead atoms. The molecule has 0 fully saturated rings. The van der Waals surface area contributed by atoms with Crippen molar-refractivity contribution in [2.75, 3.05) is 13.7 Å². The number of esters is 2. The lowest BCUT2D eigenvalue weighted by atomic mass is 9.95. The van der Waals surface area contributed by atoms with E-state index in [9.17, 15) is 9.59 Å². The van der Waals surface area contributed by atoms with Crippen molar-refractivity contribution in [2.45, 2.75) is 33.6 Å². The molecule has 0 saturated heterocycles. The summed E-state index contributed by atoms with van der Waals surface area (Å²) < 4.78 is 9.54. The predicted molar refractivity (Wildman–Crippen MR) is 69.9 cm³/mol. The Morgan fingerprint density at radius 1 is 1.28 bits per heavy atom. The molecule has 0 aromatic rings. The Balaban J connectivity index is 4.27.